The standard InChI is InChI=1S/C15H21BrF2N2/c1-4-15(5-2)9-20(10(3)8-19-15)14-6-11(16)12(17)7-13(14)18/h6-7,10,19H,4-5,8-9H2,1-3H3. The summed E-state index contributed by atoms with van der Waals surface area (Å²) >= 11 is 3.15. The molecule has 5 heteroatoms. The third-order valence-electron chi connectivity index (χ3n) is 4.43. The van der Waals surface area contributed by atoms with Gasteiger partial charge in [0, 0.05) is 30.7 Å². The molecule has 1 N–H and O–H groups in total. The van der Waals surface area contributed by atoms with Crippen LogP contribution in [0, 0.1) is 11.6 Å². The topological polar surface area (TPSA) is 15.3 Å². The van der Waals surface area contributed by atoms with E-state index in [9.17, 15) is 8.78 Å². The van der Waals surface area contributed by atoms with Gasteiger partial charge in [-0.05, 0) is 41.8 Å². The fourth-order valence-electron chi connectivity index (χ4n) is 2.79. The van der Waals surface area contributed by atoms with Gasteiger partial charge in [-0.15, -0.1) is 0 Å². The minimum atomic E-state index is -0.564. The molecule has 1 aliphatic heterocycles. The minimum Gasteiger partial charge on any atom is -0.363 e. The van der Waals surface area contributed by atoms with E-state index >= 15 is 0 Å². The SMILES string of the molecule is CCC1(CC)CN(c2cc(Br)c(F)cc2F)C(C)CN1. The predicted octanol–water partition coefficient (Wildman–Crippen LogP) is 4.08. The molecule has 112 valence electrons. The van der Waals surface area contributed by atoms with Gasteiger partial charge in [-0.3, -0.25) is 0 Å². The zero-order valence-corrected chi connectivity index (χ0v) is 13.7. The molecular weight excluding hydrogens is 326 g/mol. The van der Waals surface area contributed by atoms with Crippen LogP contribution in [0.4, 0.5) is 14.5 Å². The Morgan fingerprint density at radius 2 is 1.95 bits per heavy atom. The van der Waals surface area contributed by atoms with Crippen LogP contribution in [0.2, 0.25) is 0 Å². The van der Waals surface area contributed by atoms with Crippen molar-refractivity contribution in [3.05, 3.63) is 28.2 Å². The second-order valence-electron chi connectivity index (χ2n) is 5.56. The number of hydrogen-bond acceptors (Lipinski definition) is 2. The van der Waals surface area contributed by atoms with Gasteiger partial charge in [-0.1, -0.05) is 13.8 Å². The maximum atomic E-state index is 14.1. The molecule has 0 bridgehead atoms. The fraction of sp³-hybridized carbons (Fsp3) is 0.600. The summed E-state index contributed by atoms with van der Waals surface area (Å²) in [6.07, 6.45) is 1.97. The van der Waals surface area contributed by atoms with Crippen LogP contribution >= 0.6 is 15.9 Å². The normalized spacial score (nSPS) is 22.1. The molecule has 1 aromatic carbocycles. The number of piperazine rings is 1. The summed E-state index contributed by atoms with van der Waals surface area (Å²) in [6.45, 7) is 7.87. The lowest BCUT2D eigenvalue weighted by Gasteiger charge is -2.47. The van der Waals surface area contributed by atoms with Crippen molar-refractivity contribution in [3.8, 4) is 0 Å². The summed E-state index contributed by atoms with van der Waals surface area (Å²) in [5, 5.41) is 3.58. The third kappa shape index (κ3) is 2.84. The molecule has 1 aliphatic rings. The Kier molecular flexibility index (Phi) is 4.69. The van der Waals surface area contributed by atoms with Crippen molar-refractivity contribution < 1.29 is 8.78 Å². The van der Waals surface area contributed by atoms with E-state index in [1.807, 2.05) is 4.90 Å². The fourth-order valence-corrected chi connectivity index (χ4v) is 3.12. The molecule has 2 rings (SSSR count). The van der Waals surface area contributed by atoms with E-state index < -0.39 is 11.6 Å². The van der Waals surface area contributed by atoms with Gasteiger partial charge in [0.2, 0.25) is 0 Å². The van der Waals surface area contributed by atoms with Gasteiger partial charge in [0.25, 0.3) is 0 Å². The van der Waals surface area contributed by atoms with Gasteiger partial charge < -0.3 is 10.2 Å². The average Bonchev–Trinajstić information content (AvgIpc) is 2.44. The highest BCUT2D eigenvalue weighted by molar-refractivity contribution is 9.10. The Morgan fingerprint density at radius 1 is 1.30 bits per heavy atom. The van der Waals surface area contributed by atoms with E-state index in [0.29, 0.717) is 10.2 Å². The molecule has 0 saturated carbocycles. The molecule has 20 heavy (non-hydrogen) atoms. The smallest absolute Gasteiger partial charge is 0.149 e. The number of anilines is 1. The number of rotatable bonds is 3. The summed E-state index contributed by atoms with van der Waals surface area (Å²) in [6, 6.07) is 2.67. The largest absolute Gasteiger partial charge is 0.363 e. The molecular formula is C15H21BrF2N2. The highest BCUT2D eigenvalue weighted by atomic mass is 79.9. The zero-order valence-electron chi connectivity index (χ0n) is 12.1. The molecule has 2 nitrogen and oxygen atoms in total. The maximum absolute atomic E-state index is 14.1. The van der Waals surface area contributed by atoms with E-state index in [-0.39, 0.29) is 11.6 Å². The Labute approximate surface area is 127 Å². The van der Waals surface area contributed by atoms with E-state index in [1.165, 1.54) is 0 Å². The van der Waals surface area contributed by atoms with Gasteiger partial charge in [0.15, 0.2) is 0 Å². The lowest BCUT2D eigenvalue weighted by molar-refractivity contribution is 0.252. The van der Waals surface area contributed by atoms with Gasteiger partial charge in [-0.25, -0.2) is 8.78 Å². The first-order valence-electron chi connectivity index (χ1n) is 7.08. The van der Waals surface area contributed by atoms with Crippen LogP contribution < -0.4 is 10.2 Å². The Hall–Kier alpha value is -0.680. The van der Waals surface area contributed by atoms with Crippen LogP contribution in [0.1, 0.15) is 33.6 Å². The first-order chi connectivity index (χ1) is 9.42. The number of hydrogen-bond donors (Lipinski definition) is 1. The monoisotopic (exact) mass is 346 g/mol. The molecule has 1 atom stereocenters. The van der Waals surface area contributed by atoms with Crippen molar-refractivity contribution in [3.63, 3.8) is 0 Å². The number of nitrogens with zero attached hydrogens (tertiary/aromatic N) is 1. The van der Waals surface area contributed by atoms with Crippen molar-refractivity contribution in [2.75, 3.05) is 18.0 Å². The van der Waals surface area contributed by atoms with Gasteiger partial charge >= 0.3 is 0 Å². The second-order valence-corrected chi connectivity index (χ2v) is 6.42. The molecule has 0 radical (unpaired) electrons. The summed E-state index contributed by atoms with van der Waals surface area (Å²) < 4.78 is 27.8. The first kappa shape index (κ1) is 15.7. The van der Waals surface area contributed by atoms with Crippen molar-refractivity contribution in [2.45, 2.75) is 45.2 Å². The van der Waals surface area contributed by atoms with Crippen LogP contribution in [-0.4, -0.2) is 24.7 Å². The summed E-state index contributed by atoms with van der Waals surface area (Å²) in [5.41, 5.74) is 0.471. The molecule has 0 aliphatic carbocycles. The van der Waals surface area contributed by atoms with Crippen LogP contribution in [0.25, 0.3) is 0 Å². The highest BCUT2D eigenvalue weighted by Crippen LogP contribution is 2.32. The van der Waals surface area contributed by atoms with Gasteiger partial charge in [0.05, 0.1) is 10.2 Å². The average molecular weight is 347 g/mol. The van der Waals surface area contributed by atoms with Crippen LogP contribution in [0.3, 0.4) is 0 Å². The predicted molar refractivity (Wildman–Crippen MR) is 82.2 cm³/mol. The Morgan fingerprint density at radius 3 is 2.55 bits per heavy atom. The summed E-state index contributed by atoms with van der Waals surface area (Å²) in [4.78, 5) is 2.04. The third-order valence-corrected chi connectivity index (χ3v) is 5.04. The molecule has 1 fully saturated rings. The van der Waals surface area contributed by atoms with E-state index in [4.69, 9.17) is 0 Å². The maximum Gasteiger partial charge on any atom is 0.149 e. The van der Waals surface area contributed by atoms with Crippen LogP contribution in [-0.2, 0) is 0 Å². The molecule has 1 aromatic rings. The molecule has 1 saturated heterocycles. The number of nitrogens with one attached hydrogen (secondary N) is 1. The van der Waals surface area contributed by atoms with Crippen molar-refractivity contribution in [1.82, 2.24) is 5.32 Å². The minimum absolute atomic E-state index is 0.000186. The second kappa shape index (κ2) is 5.98. The molecule has 1 heterocycles. The number of halogens is 3. The van der Waals surface area contributed by atoms with Gasteiger partial charge in [-0.2, -0.15) is 0 Å². The lowest BCUT2D eigenvalue weighted by Crippen LogP contribution is -2.63. The van der Waals surface area contributed by atoms with Crippen molar-refractivity contribution in [2.24, 2.45) is 0 Å². The van der Waals surface area contributed by atoms with Gasteiger partial charge in [0.1, 0.15) is 11.6 Å². The Bertz CT molecular complexity index is 489. The van der Waals surface area contributed by atoms with Crippen molar-refractivity contribution >= 4 is 21.6 Å². The van der Waals surface area contributed by atoms with E-state index in [2.05, 4.69) is 42.0 Å². The van der Waals surface area contributed by atoms with E-state index in [1.54, 1.807) is 6.07 Å². The lowest BCUT2D eigenvalue weighted by atomic mass is 9.88. The molecule has 0 spiro atoms. The molecule has 1 unspecified atom stereocenters. The van der Waals surface area contributed by atoms with Crippen LogP contribution in [0.15, 0.2) is 16.6 Å². The first-order valence-corrected chi connectivity index (χ1v) is 7.88. The van der Waals surface area contributed by atoms with E-state index in [0.717, 1.165) is 32.0 Å². The van der Waals surface area contributed by atoms with Crippen LogP contribution in [0.5, 0.6) is 0 Å². The zero-order chi connectivity index (χ0) is 14.9. The summed E-state index contributed by atoms with van der Waals surface area (Å²) in [5.74, 6) is -1.06. The molecule has 0 aromatic heterocycles. The highest BCUT2D eigenvalue weighted by Gasteiger charge is 2.36. The molecule has 0 amide bonds. The van der Waals surface area contributed by atoms with Crippen molar-refractivity contribution in [1.29, 1.82) is 0 Å². The number of benzene rings is 1. The quantitative estimate of drug-likeness (QED) is 0.829. The Balaban J connectivity index is 2.37. The summed E-state index contributed by atoms with van der Waals surface area (Å²) in [7, 11) is 0.